The Hall–Kier alpha value is -2.57. The predicted molar refractivity (Wildman–Crippen MR) is 115 cm³/mol. The number of carbonyl (C=O) groups is 1. The van der Waals surface area contributed by atoms with E-state index in [9.17, 15) is 18.0 Å². The Balaban J connectivity index is 1.90. The lowest BCUT2D eigenvalue weighted by Crippen LogP contribution is -2.22. The quantitative estimate of drug-likeness (QED) is 0.239. The molecule has 0 N–H and O–H groups in total. The highest BCUT2D eigenvalue weighted by Gasteiger charge is 2.32. The van der Waals surface area contributed by atoms with E-state index in [0.717, 1.165) is 16.5 Å². The van der Waals surface area contributed by atoms with Gasteiger partial charge in [-0.25, -0.2) is 4.79 Å². The fourth-order valence-electron chi connectivity index (χ4n) is 2.59. The number of ether oxygens (including phenoxy) is 4. The molecule has 1 aromatic carbocycles. The number of carbonyl (C=O) groups excluding carboxylic acids is 1. The average Bonchev–Trinajstić information content (AvgIpc) is 2.75. The number of thioether (sulfide) groups is 1. The number of benzene rings is 1. The van der Waals surface area contributed by atoms with Crippen LogP contribution in [-0.2, 0) is 19.0 Å². The molecular weight excluding hydrogens is 445 g/mol. The van der Waals surface area contributed by atoms with Gasteiger partial charge in [0.15, 0.2) is 12.4 Å². The van der Waals surface area contributed by atoms with Crippen molar-refractivity contribution >= 4 is 17.7 Å². The molecule has 1 aliphatic carbocycles. The van der Waals surface area contributed by atoms with Crippen LogP contribution in [0.15, 0.2) is 58.0 Å². The number of hydrogen-bond acceptors (Lipinski definition) is 6. The highest BCUT2D eigenvalue weighted by Crippen LogP contribution is 2.28. The topological polar surface area (TPSA) is 54.0 Å². The van der Waals surface area contributed by atoms with Crippen LogP contribution in [0.25, 0.3) is 0 Å². The first kappa shape index (κ1) is 25.7. The fraction of sp³-hybridized carbons (Fsp3) is 0.435. The molecule has 1 aliphatic rings. The minimum Gasteiger partial charge on any atom is -0.483 e. The number of esters is 1. The molecule has 5 nitrogen and oxygen atoms in total. The van der Waals surface area contributed by atoms with Gasteiger partial charge in [0, 0.05) is 17.3 Å². The molecule has 0 spiro atoms. The summed E-state index contributed by atoms with van der Waals surface area (Å²) in [5, 5.41) is 0. The zero-order valence-corrected chi connectivity index (χ0v) is 18.9. The number of alkyl halides is 3. The van der Waals surface area contributed by atoms with Gasteiger partial charge in [-0.2, -0.15) is 13.2 Å². The summed E-state index contributed by atoms with van der Waals surface area (Å²) in [4.78, 5) is 12.4. The highest BCUT2D eigenvalue weighted by atomic mass is 32.2. The van der Waals surface area contributed by atoms with Crippen molar-refractivity contribution in [2.75, 3.05) is 32.2 Å². The molecule has 0 radical (unpaired) electrons. The number of aryl methyl sites for hydroxylation is 1. The lowest BCUT2D eigenvalue weighted by molar-refractivity contribution is -0.145. The number of rotatable bonds is 12. The van der Waals surface area contributed by atoms with E-state index in [1.807, 2.05) is 26.0 Å². The van der Waals surface area contributed by atoms with Gasteiger partial charge in [-0.1, -0.05) is 5.73 Å². The molecule has 0 fully saturated rings. The lowest BCUT2D eigenvalue weighted by atomic mass is 10.2. The monoisotopic (exact) mass is 470 g/mol. The molecule has 1 aromatic rings. The summed E-state index contributed by atoms with van der Waals surface area (Å²) in [6.45, 7) is 6.25. The molecule has 0 aromatic heterocycles. The molecule has 0 aliphatic heterocycles. The SMILES string of the molecule is CCOC(=O)COc1ccc(SCC(COC2=C=C=C(C(F)(F)F)C=C2)OCC)cc1C. The summed E-state index contributed by atoms with van der Waals surface area (Å²) < 4.78 is 59.4. The second kappa shape index (κ2) is 12.5. The minimum absolute atomic E-state index is 0.149. The van der Waals surface area contributed by atoms with E-state index < -0.39 is 17.7 Å². The Labute approximate surface area is 189 Å². The standard InChI is InChI=1S/C23H25F3O5S/c1-4-28-19(13-30-18-8-6-17(7-9-18)23(24,25)26)15-32-20-10-11-21(16(3)12-20)31-14-22(27)29-5-2/h6,8,10-12,19H,4-5,13-15H2,1-3H3. The van der Waals surface area contributed by atoms with Crippen molar-refractivity contribution in [1.82, 2.24) is 0 Å². The molecule has 0 heterocycles. The van der Waals surface area contributed by atoms with Crippen LogP contribution in [0.2, 0.25) is 0 Å². The maximum Gasteiger partial charge on any atom is 0.424 e. The van der Waals surface area contributed by atoms with Crippen molar-refractivity contribution in [2.24, 2.45) is 0 Å². The first-order chi connectivity index (χ1) is 15.2. The van der Waals surface area contributed by atoms with Gasteiger partial charge in [0.25, 0.3) is 0 Å². The summed E-state index contributed by atoms with van der Waals surface area (Å²) in [6, 6.07) is 5.60. The number of hydrogen-bond donors (Lipinski definition) is 0. The van der Waals surface area contributed by atoms with Crippen molar-refractivity contribution in [1.29, 1.82) is 0 Å². The summed E-state index contributed by atoms with van der Waals surface area (Å²) >= 11 is 1.55. The second-order valence-corrected chi connectivity index (χ2v) is 7.67. The van der Waals surface area contributed by atoms with E-state index >= 15 is 0 Å². The van der Waals surface area contributed by atoms with Gasteiger partial charge in [0.1, 0.15) is 24.0 Å². The minimum atomic E-state index is -4.46. The number of allylic oxidation sites excluding steroid dienone is 3. The van der Waals surface area contributed by atoms with Crippen LogP contribution >= 0.6 is 11.8 Å². The second-order valence-electron chi connectivity index (χ2n) is 6.58. The molecule has 0 bridgehead atoms. The van der Waals surface area contributed by atoms with Crippen molar-refractivity contribution in [3.8, 4) is 5.75 Å². The summed E-state index contributed by atoms with van der Waals surface area (Å²) in [6.07, 6.45) is -2.61. The smallest absolute Gasteiger partial charge is 0.424 e. The summed E-state index contributed by atoms with van der Waals surface area (Å²) in [5.41, 5.74) is 4.42. The predicted octanol–water partition coefficient (Wildman–Crippen LogP) is 5.15. The normalized spacial score (nSPS) is 13.9. The Morgan fingerprint density at radius 2 is 1.91 bits per heavy atom. The van der Waals surface area contributed by atoms with Gasteiger partial charge in [0.05, 0.1) is 6.61 Å². The fourth-order valence-corrected chi connectivity index (χ4v) is 3.58. The molecule has 32 heavy (non-hydrogen) atoms. The third-order valence-corrected chi connectivity index (χ3v) is 5.21. The molecule has 0 amide bonds. The molecule has 1 unspecified atom stereocenters. The zero-order valence-electron chi connectivity index (χ0n) is 18.1. The Bertz CT molecular complexity index is 926. The summed E-state index contributed by atoms with van der Waals surface area (Å²) in [7, 11) is 0. The van der Waals surface area contributed by atoms with Crippen LogP contribution < -0.4 is 4.74 Å². The Morgan fingerprint density at radius 1 is 1.12 bits per heavy atom. The van der Waals surface area contributed by atoms with Crippen molar-refractivity contribution < 1.29 is 36.9 Å². The van der Waals surface area contributed by atoms with Crippen LogP contribution in [0.3, 0.4) is 0 Å². The van der Waals surface area contributed by atoms with Gasteiger partial charge in [-0.15, -0.1) is 11.8 Å². The van der Waals surface area contributed by atoms with Crippen LogP contribution in [0.5, 0.6) is 5.75 Å². The average molecular weight is 471 g/mol. The third kappa shape index (κ3) is 8.52. The molecule has 174 valence electrons. The van der Waals surface area contributed by atoms with Gasteiger partial charge in [-0.05, 0) is 62.4 Å². The van der Waals surface area contributed by atoms with Crippen LogP contribution in [0, 0.1) is 6.92 Å². The van der Waals surface area contributed by atoms with Crippen molar-refractivity contribution in [2.45, 2.75) is 37.9 Å². The van der Waals surface area contributed by atoms with E-state index in [2.05, 4.69) is 11.5 Å². The largest absolute Gasteiger partial charge is 0.483 e. The molecule has 2 rings (SSSR count). The third-order valence-electron chi connectivity index (χ3n) is 4.09. The lowest BCUT2D eigenvalue weighted by Gasteiger charge is -2.18. The number of halogens is 3. The van der Waals surface area contributed by atoms with Crippen molar-refractivity contribution in [3.05, 3.63) is 58.7 Å². The van der Waals surface area contributed by atoms with Gasteiger partial charge in [0.2, 0.25) is 0 Å². The van der Waals surface area contributed by atoms with Crippen LogP contribution in [-0.4, -0.2) is 50.4 Å². The van der Waals surface area contributed by atoms with Gasteiger partial charge >= 0.3 is 12.1 Å². The Kier molecular flexibility index (Phi) is 10.0. The van der Waals surface area contributed by atoms with Gasteiger partial charge < -0.3 is 18.9 Å². The van der Waals surface area contributed by atoms with Crippen LogP contribution in [0.1, 0.15) is 19.4 Å². The maximum atomic E-state index is 12.6. The molecule has 0 saturated heterocycles. The van der Waals surface area contributed by atoms with Gasteiger partial charge in [-0.3, -0.25) is 0 Å². The molecule has 9 heteroatoms. The zero-order chi connectivity index (χ0) is 23.6. The first-order valence-corrected chi connectivity index (χ1v) is 11.0. The highest BCUT2D eigenvalue weighted by molar-refractivity contribution is 7.99. The van der Waals surface area contributed by atoms with E-state index in [4.69, 9.17) is 18.9 Å². The first-order valence-electron chi connectivity index (χ1n) is 10.00. The van der Waals surface area contributed by atoms with E-state index in [1.54, 1.807) is 24.8 Å². The van der Waals surface area contributed by atoms with E-state index in [1.165, 1.54) is 6.08 Å². The molecule has 0 saturated carbocycles. The van der Waals surface area contributed by atoms with Crippen molar-refractivity contribution in [3.63, 3.8) is 0 Å². The molecule has 1 atom stereocenters. The molecular formula is C23H25F3O5S. The van der Waals surface area contributed by atoms with Crippen LogP contribution in [0.4, 0.5) is 13.2 Å². The summed E-state index contributed by atoms with van der Waals surface area (Å²) in [5.74, 6) is 0.918. The Morgan fingerprint density at radius 3 is 2.50 bits per heavy atom. The van der Waals surface area contributed by atoms with E-state index in [0.29, 0.717) is 24.7 Å². The van der Waals surface area contributed by atoms with E-state index in [-0.39, 0.29) is 25.1 Å². The maximum absolute atomic E-state index is 12.6.